The first kappa shape index (κ1) is 14.9. The molecule has 1 aromatic carbocycles. The number of aromatic nitrogens is 1. The van der Waals surface area contributed by atoms with E-state index in [9.17, 15) is 12.8 Å². The number of nitrogens with zero attached hydrogens (tertiary/aromatic N) is 1. The topological polar surface area (TPSA) is 98.2 Å². The molecule has 2 aromatic rings. The molecule has 1 aromatic heterocycles. The van der Waals surface area contributed by atoms with Crippen LogP contribution in [-0.2, 0) is 16.6 Å². The van der Waals surface area contributed by atoms with Gasteiger partial charge < -0.3 is 10.2 Å². The van der Waals surface area contributed by atoms with Gasteiger partial charge in [-0.25, -0.2) is 22.5 Å². The monoisotopic (exact) mass is 363 g/mol. The predicted octanol–water partition coefficient (Wildman–Crippen LogP) is 1.95. The van der Waals surface area contributed by atoms with Crippen molar-refractivity contribution in [2.75, 3.05) is 5.73 Å². The summed E-state index contributed by atoms with van der Waals surface area (Å²) in [7, 11) is -3.89. The number of nitrogens with two attached hydrogens (primary N) is 1. The molecule has 0 radical (unpaired) electrons. The van der Waals surface area contributed by atoms with Crippen molar-refractivity contribution in [2.45, 2.75) is 18.4 Å². The highest BCUT2D eigenvalue weighted by Gasteiger charge is 2.20. The van der Waals surface area contributed by atoms with Gasteiger partial charge in [0.1, 0.15) is 16.5 Å². The van der Waals surface area contributed by atoms with Crippen LogP contribution in [0.15, 0.2) is 32.1 Å². The fourth-order valence-corrected chi connectivity index (χ4v) is 3.10. The molecule has 0 aliphatic rings. The van der Waals surface area contributed by atoms with Crippen LogP contribution in [0.1, 0.15) is 11.7 Å². The molecule has 108 valence electrons. The Morgan fingerprint density at radius 3 is 2.80 bits per heavy atom. The molecule has 0 atom stereocenters. The Kier molecular flexibility index (Phi) is 4.11. The molecular formula is C11H11BrFN3O3S. The molecule has 0 spiro atoms. The number of aryl methyl sites for hydroxylation is 1. The van der Waals surface area contributed by atoms with Crippen molar-refractivity contribution in [1.29, 1.82) is 0 Å². The summed E-state index contributed by atoms with van der Waals surface area (Å²) in [5.41, 5.74) is 5.35. The lowest BCUT2D eigenvalue weighted by Crippen LogP contribution is -2.24. The molecular weight excluding hydrogens is 353 g/mol. The number of hydrogen-bond acceptors (Lipinski definition) is 5. The molecule has 1 heterocycles. The van der Waals surface area contributed by atoms with Gasteiger partial charge in [-0.1, -0.05) is 0 Å². The second-order valence-electron chi connectivity index (χ2n) is 3.99. The summed E-state index contributed by atoms with van der Waals surface area (Å²) in [6.07, 6.45) is 1.48. The van der Waals surface area contributed by atoms with Gasteiger partial charge in [0.25, 0.3) is 0 Å². The number of hydrogen-bond donors (Lipinski definition) is 2. The average Bonchev–Trinajstić information content (AvgIpc) is 2.77. The molecule has 2 rings (SSSR count). The van der Waals surface area contributed by atoms with Crippen LogP contribution in [0.4, 0.5) is 10.1 Å². The third-order valence-electron chi connectivity index (χ3n) is 2.42. The van der Waals surface area contributed by atoms with Crippen LogP contribution in [-0.4, -0.2) is 13.4 Å². The van der Waals surface area contributed by atoms with E-state index in [-0.39, 0.29) is 27.5 Å². The summed E-state index contributed by atoms with van der Waals surface area (Å²) in [5, 5.41) is 0. The molecule has 0 unspecified atom stereocenters. The molecule has 6 nitrogen and oxygen atoms in total. The van der Waals surface area contributed by atoms with Crippen LogP contribution in [0.3, 0.4) is 0 Å². The zero-order valence-corrected chi connectivity index (χ0v) is 12.8. The maximum Gasteiger partial charge on any atom is 0.243 e. The minimum absolute atomic E-state index is 0.0130. The van der Waals surface area contributed by atoms with Gasteiger partial charge >= 0.3 is 0 Å². The van der Waals surface area contributed by atoms with Gasteiger partial charge in [0.2, 0.25) is 15.9 Å². The van der Waals surface area contributed by atoms with Gasteiger partial charge in [0.05, 0.1) is 22.9 Å². The van der Waals surface area contributed by atoms with Crippen molar-refractivity contribution < 1.29 is 17.2 Å². The van der Waals surface area contributed by atoms with Crippen LogP contribution >= 0.6 is 15.9 Å². The quantitative estimate of drug-likeness (QED) is 0.808. The van der Waals surface area contributed by atoms with Crippen molar-refractivity contribution in [3.05, 3.63) is 40.3 Å². The zero-order valence-electron chi connectivity index (χ0n) is 10.4. The van der Waals surface area contributed by atoms with Crippen LogP contribution in [0.5, 0.6) is 0 Å². The molecule has 0 aliphatic heterocycles. The normalized spacial score (nSPS) is 11.8. The van der Waals surface area contributed by atoms with Crippen molar-refractivity contribution in [2.24, 2.45) is 0 Å². The number of oxazole rings is 1. The highest BCUT2D eigenvalue weighted by Crippen LogP contribution is 2.26. The van der Waals surface area contributed by atoms with Crippen molar-refractivity contribution in [3.8, 4) is 0 Å². The number of halogens is 2. The summed E-state index contributed by atoms with van der Waals surface area (Å²) in [6, 6.07) is 2.04. The van der Waals surface area contributed by atoms with E-state index < -0.39 is 15.8 Å². The predicted molar refractivity (Wildman–Crippen MR) is 73.8 cm³/mol. The molecule has 0 bridgehead atoms. The molecule has 20 heavy (non-hydrogen) atoms. The van der Waals surface area contributed by atoms with E-state index in [0.29, 0.717) is 5.76 Å². The molecule has 0 fully saturated rings. The van der Waals surface area contributed by atoms with Crippen molar-refractivity contribution >= 4 is 31.6 Å². The molecule has 0 amide bonds. The molecule has 9 heteroatoms. The van der Waals surface area contributed by atoms with E-state index in [0.717, 1.165) is 12.1 Å². The number of anilines is 1. The fourth-order valence-electron chi connectivity index (χ4n) is 1.49. The lowest BCUT2D eigenvalue weighted by molar-refractivity contribution is 0.463. The molecule has 0 aliphatic carbocycles. The SMILES string of the molecule is Cc1cnc(CNS(=O)(=O)c2cc(Br)c(F)cc2N)o1. The van der Waals surface area contributed by atoms with Gasteiger partial charge in [0, 0.05) is 0 Å². The van der Waals surface area contributed by atoms with Gasteiger partial charge in [-0.05, 0) is 35.0 Å². The Bertz CT molecular complexity index is 745. The first-order valence-electron chi connectivity index (χ1n) is 5.45. The minimum Gasteiger partial charge on any atom is -0.445 e. The Morgan fingerprint density at radius 1 is 1.50 bits per heavy atom. The van der Waals surface area contributed by atoms with Crippen molar-refractivity contribution in [3.63, 3.8) is 0 Å². The van der Waals surface area contributed by atoms with E-state index in [1.54, 1.807) is 6.92 Å². The van der Waals surface area contributed by atoms with Crippen LogP contribution < -0.4 is 10.5 Å². The van der Waals surface area contributed by atoms with Crippen LogP contribution in [0, 0.1) is 12.7 Å². The summed E-state index contributed by atoms with van der Waals surface area (Å²) in [6.45, 7) is 1.57. The van der Waals surface area contributed by atoms with E-state index in [1.807, 2.05) is 0 Å². The number of benzene rings is 1. The van der Waals surface area contributed by atoms with Gasteiger partial charge in [0.15, 0.2) is 0 Å². The summed E-state index contributed by atoms with van der Waals surface area (Å²) >= 11 is 2.92. The van der Waals surface area contributed by atoms with Gasteiger partial charge in [-0.15, -0.1) is 0 Å². The van der Waals surface area contributed by atoms with Crippen LogP contribution in [0.2, 0.25) is 0 Å². The standard InChI is InChI=1S/C11H11BrFN3O3S/c1-6-4-15-11(19-6)5-16-20(17,18)10-2-7(12)8(13)3-9(10)14/h2-4,16H,5,14H2,1H3. The lowest BCUT2D eigenvalue weighted by atomic mass is 10.3. The maximum atomic E-state index is 13.2. The van der Waals surface area contributed by atoms with Gasteiger partial charge in [-0.2, -0.15) is 0 Å². The highest BCUT2D eigenvalue weighted by atomic mass is 79.9. The smallest absolute Gasteiger partial charge is 0.243 e. The maximum absolute atomic E-state index is 13.2. The first-order chi connectivity index (χ1) is 9.29. The summed E-state index contributed by atoms with van der Waals surface area (Å²) in [5.74, 6) is 0.166. The molecule has 0 saturated carbocycles. The van der Waals surface area contributed by atoms with Gasteiger partial charge in [-0.3, -0.25) is 0 Å². The molecule has 0 saturated heterocycles. The number of sulfonamides is 1. The second kappa shape index (κ2) is 5.51. The van der Waals surface area contributed by atoms with E-state index in [2.05, 4.69) is 25.6 Å². The van der Waals surface area contributed by atoms with Crippen molar-refractivity contribution in [1.82, 2.24) is 9.71 Å². The van der Waals surface area contributed by atoms with E-state index >= 15 is 0 Å². The third-order valence-corrected chi connectivity index (χ3v) is 4.49. The zero-order chi connectivity index (χ0) is 14.9. The van der Waals surface area contributed by atoms with Crippen LogP contribution in [0.25, 0.3) is 0 Å². The Hall–Kier alpha value is -1.45. The van der Waals surface area contributed by atoms with E-state index in [4.69, 9.17) is 10.2 Å². The summed E-state index contributed by atoms with van der Waals surface area (Å²) in [4.78, 5) is 3.66. The van der Waals surface area contributed by atoms with E-state index in [1.165, 1.54) is 6.20 Å². The largest absolute Gasteiger partial charge is 0.445 e. The number of nitrogen functional groups attached to an aromatic ring is 1. The number of rotatable bonds is 4. The number of nitrogens with one attached hydrogen (secondary N) is 1. The molecule has 3 N–H and O–H groups in total. The lowest BCUT2D eigenvalue weighted by Gasteiger charge is -2.09. The Balaban J connectivity index is 2.24. The summed E-state index contributed by atoms with van der Waals surface area (Å²) < 4.78 is 44.9. The third kappa shape index (κ3) is 3.17. The Morgan fingerprint density at radius 2 is 2.20 bits per heavy atom. The second-order valence-corrected chi connectivity index (χ2v) is 6.58. The minimum atomic E-state index is -3.89. The fraction of sp³-hybridized carbons (Fsp3) is 0.182. The Labute approximate surface area is 123 Å². The first-order valence-corrected chi connectivity index (χ1v) is 7.72. The average molecular weight is 364 g/mol. The highest BCUT2D eigenvalue weighted by molar-refractivity contribution is 9.10.